The number of hydrogen-bond acceptors (Lipinski definition) is 6. The van der Waals surface area contributed by atoms with Crippen molar-refractivity contribution in [3.63, 3.8) is 0 Å². The topological polar surface area (TPSA) is 128 Å². The van der Waals surface area contributed by atoms with Gasteiger partial charge in [-0.1, -0.05) is 0 Å². The standard InChI is InChI=1S/C8H18N4O3/c9-7(6-13)5-12(11)2-4-15-3-1-8(10)14/h5,13H,1-4,6,9,11H2,(H2,10,14)/b7-5-. The summed E-state index contributed by atoms with van der Waals surface area (Å²) in [7, 11) is 0. The number of primary amides is 1. The Balaban J connectivity index is 3.47. The minimum absolute atomic E-state index is 0.194. The lowest BCUT2D eigenvalue weighted by Gasteiger charge is -2.14. The Bertz CT molecular complexity index is 220. The molecule has 0 unspecified atom stereocenters. The maximum absolute atomic E-state index is 10.3. The Labute approximate surface area is 88.4 Å². The third-order valence-corrected chi connectivity index (χ3v) is 1.50. The van der Waals surface area contributed by atoms with E-state index < -0.39 is 5.91 Å². The Morgan fingerprint density at radius 1 is 1.40 bits per heavy atom. The number of aliphatic hydroxyl groups is 1. The van der Waals surface area contributed by atoms with Crippen LogP contribution in [0.2, 0.25) is 0 Å². The third kappa shape index (κ3) is 9.01. The van der Waals surface area contributed by atoms with E-state index in [9.17, 15) is 4.79 Å². The molecule has 0 saturated heterocycles. The van der Waals surface area contributed by atoms with Crippen LogP contribution in [0.15, 0.2) is 11.9 Å². The molecule has 0 aromatic carbocycles. The predicted molar refractivity (Wildman–Crippen MR) is 54.9 cm³/mol. The molecular weight excluding hydrogens is 200 g/mol. The van der Waals surface area contributed by atoms with Crippen molar-refractivity contribution in [3.8, 4) is 0 Å². The summed E-state index contributed by atoms with van der Waals surface area (Å²) < 4.78 is 5.08. The highest BCUT2D eigenvalue weighted by atomic mass is 16.5. The van der Waals surface area contributed by atoms with Gasteiger partial charge in [0.2, 0.25) is 5.91 Å². The second kappa shape index (κ2) is 8.04. The summed E-state index contributed by atoms with van der Waals surface area (Å²) in [6.45, 7) is 0.817. The zero-order valence-corrected chi connectivity index (χ0v) is 8.56. The highest BCUT2D eigenvalue weighted by molar-refractivity contribution is 5.73. The van der Waals surface area contributed by atoms with E-state index in [4.69, 9.17) is 27.2 Å². The number of carbonyl (C=O) groups excluding carboxylic acids is 1. The summed E-state index contributed by atoms with van der Waals surface area (Å²) in [6.07, 6.45) is 1.61. The molecule has 0 aliphatic rings. The molecule has 0 heterocycles. The molecule has 0 spiro atoms. The lowest BCUT2D eigenvalue weighted by atomic mass is 10.4. The van der Waals surface area contributed by atoms with Gasteiger partial charge in [0.15, 0.2) is 0 Å². The van der Waals surface area contributed by atoms with Crippen molar-refractivity contribution in [3.05, 3.63) is 11.9 Å². The number of amides is 1. The Kier molecular flexibility index (Phi) is 7.33. The number of hydrogen-bond donors (Lipinski definition) is 4. The van der Waals surface area contributed by atoms with Gasteiger partial charge in [0.1, 0.15) is 0 Å². The number of carbonyl (C=O) groups is 1. The summed E-state index contributed by atoms with van der Waals surface area (Å²) in [5.41, 5.74) is 10.5. The second-order valence-electron chi connectivity index (χ2n) is 2.93. The van der Waals surface area contributed by atoms with Gasteiger partial charge in [0.25, 0.3) is 0 Å². The molecule has 0 bridgehead atoms. The molecule has 7 N–H and O–H groups in total. The fourth-order valence-electron chi connectivity index (χ4n) is 0.763. The average Bonchev–Trinajstić information content (AvgIpc) is 2.16. The molecule has 0 aliphatic heterocycles. The van der Waals surface area contributed by atoms with Crippen molar-refractivity contribution >= 4 is 5.91 Å². The lowest BCUT2D eigenvalue weighted by Crippen LogP contribution is -2.30. The first-order chi connectivity index (χ1) is 7.06. The van der Waals surface area contributed by atoms with Gasteiger partial charge in [-0.2, -0.15) is 0 Å². The largest absolute Gasteiger partial charge is 0.399 e. The SMILES string of the molecule is NC(=O)CCOCCN(N)/C=C(\N)CO. The zero-order valence-electron chi connectivity index (χ0n) is 8.56. The molecule has 0 radical (unpaired) electrons. The van der Waals surface area contributed by atoms with Crippen molar-refractivity contribution in [2.75, 3.05) is 26.4 Å². The molecule has 1 amide bonds. The Morgan fingerprint density at radius 3 is 2.60 bits per heavy atom. The van der Waals surface area contributed by atoms with E-state index in [1.165, 1.54) is 11.2 Å². The molecule has 0 atom stereocenters. The van der Waals surface area contributed by atoms with E-state index in [0.717, 1.165) is 0 Å². The van der Waals surface area contributed by atoms with Gasteiger partial charge in [-0.3, -0.25) is 4.79 Å². The van der Waals surface area contributed by atoms with Crippen molar-refractivity contribution in [2.45, 2.75) is 6.42 Å². The number of nitrogens with two attached hydrogens (primary N) is 3. The summed E-state index contributed by atoms with van der Waals surface area (Å²) in [5, 5.41) is 9.90. The summed E-state index contributed by atoms with van der Waals surface area (Å²) in [6, 6.07) is 0. The van der Waals surface area contributed by atoms with E-state index in [2.05, 4.69) is 0 Å². The molecule has 0 aliphatic carbocycles. The molecule has 0 saturated carbocycles. The fourth-order valence-corrected chi connectivity index (χ4v) is 0.763. The minimum atomic E-state index is -0.399. The van der Waals surface area contributed by atoms with Crippen LogP contribution < -0.4 is 17.3 Å². The molecule has 0 rings (SSSR count). The molecule has 0 fully saturated rings. The van der Waals surface area contributed by atoms with Crippen LogP contribution in [0.3, 0.4) is 0 Å². The van der Waals surface area contributed by atoms with Crippen molar-refractivity contribution in [1.29, 1.82) is 0 Å². The van der Waals surface area contributed by atoms with Crippen molar-refractivity contribution < 1.29 is 14.6 Å². The number of hydrazine groups is 1. The van der Waals surface area contributed by atoms with E-state index >= 15 is 0 Å². The van der Waals surface area contributed by atoms with Gasteiger partial charge in [-0.05, 0) is 0 Å². The van der Waals surface area contributed by atoms with Crippen LogP contribution in [0.4, 0.5) is 0 Å². The van der Waals surface area contributed by atoms with Gasteiger partial charge in [-0.25, -0.2) is 5.84 Å². The maximum Gasteiger partial charge on any atom is 0.219 e. The molecule has 7 heteroatoms. The summed E-state index contributed by atoms with van der Waals surface area (Å²) in [4.78, 5) is 10.3. The number of ether oxygens (including phenoxy) is 1. The average molecular weight is 218 g/mol. The number of rotatable bonds is 8. The molecule has 7 nitrogen and oxygen atoms in total. The van der Waals surface area contributed by atoms with Crippen LogP contribution in [0, 0.1) is 0 Å². The van der Waals surface area contributed by atoms with Crippen LogP contribution >= 0.6 is 0 Å². The third-order valence-electron chi connectivity index (χ3n) is 1.50. The number of aliphatic hydroxyl groups excluding tert-OH is 1. The Morgan fingerprint density at radius 2 is 2.07 bits per heavy atom. The molecule has 15 heavy (non-hydrogen) atoms. The zero-order chi connectivity index (χ0) is 11.7. The fraction of sp³-hybridized carbons (Fsp3) is 0.625. The highest BCUT2D eigenvalue weighted by Gasteiger charge is 1.97. The quantitative estimate of drug-likeness (QED) is 0.209. The van der Waals surface area contributed by atoms with Gasteiger partial charge in [0.05, 0.1) is 32.1 Å². The smallest absolute Gasteiger partial charge is 0.219 e. The van der Waals surface area contributed by atoms with E-state index in [1.54, 1.807) is 0 Å². The molecule has 88 valence electrons. The summed E-state index contributed by atoms with van der Waals surface area (Å²) >= 11 is 0. The summed E-state index contributed by atoms with van der Waals surface area (Å²) in [5.74, 6) is 5.09. The van der Waals surface area contributed by atoms with Crippen LogP contribution in [0.25, 0.3) is 0 Å². The highest BCUT2D eigenvalue weighted by Crippen LogP contribution is 1.87. The number of nitrogens with zero attached hydrogens (tertiary/aromatic N) is 1. The van der Waals surface area contributed by atoms with Gasteiger partial charge in [-0.15, -0.1) is 0 Å². The first-order valence-electron chi connectivity index (χ1n) is 4.50. The predicted octanol–water partition coefficient (Wildman–Crippen LogP) is -2.15. The second-order valence-corrected chi connectivity index (χ2v) is 2.93. The van der Waals surface area contributed by atoms with E-state index in [-0.39, 0.29) is 25.3 Å². The maximum atomic E-state index is 10.3. The van der Waals surface area contributed by atoms with Gasteiger partial charge >= 0.3 is 0 Å². The minimum Gasteiger partial charge on any atom is -0.399 e. The van der Waals surface area contributed by atoms with Crippen LogP contribution in [0.1, 0.15) is 6.42 Å². The Hall–Kier alpha value is -1.31. The van der Waals surface area contributed by atoms with Crippen molar-refractivity contribution in [1.82, 2.24) is 5.01 Å². The molecule has 0 aromatic rings. The monoisotopic (exact) mass is 218 g/mol. The van der Waals surface area contributed by atoms with Crippen LogP contribution in [-0.4, -0.2) is 42.4 Å². The van der Waals surface area contributed by atoms with Crippen LogP contribution in [0.5, 0.6) is 0 Å². The van der Waals surface area contributed by atoms with Gasteiger partial charge in [0, 0.05) is 12.6 Å². The first-order valence-corrected chi connectivity index (χ1v) is 4.50. The lowest BCUT2D eigenvalue weighted by molar-refractivity contribution is -0.119. The molecule has 0 aromatic heterocycles. The first kappa shape index (κ1) is 13.7. The molecular formula is C8H18N4O3. The van der Waals surface area contributed by atoms with Crippen LogP contribution in [-0.2, 0) is 9.53 Å². The van der Waals surface area contributed by atoms with E-state index in [1.807, 2.05) is 0 Å². The van der Waals surface area contributed by atoms with Gasteiger partial charge < -0.3 is 26.3 Å². The normalized spacial score (nSPS) is 11.5. The van der Waals surface area contributed by atoms with E-state index in [0.29, 0.717) is 13.2 Å². The van der Waals surface area contributed by atoms with Crippen molar-refractivity contribution in [2.24, 2.45) is 17.3 Å².